The highest BCUT2D eigenvalue weighted by Gasteiger charge is 2.28. The third kappa shape index (κ3) is 9.64. The number of hydrogen-bond donors (Lipinski definition) is 3. The molecule has 0 saturated carbocycles. The molecule has 0 aliphatic carbocycles. The molecule has 1 aromatic heterocycles. The van der Waals surface area contributed by atoms with Crippen molar-refractivity contribution in [3.8, 4) is 0 Å². The molecule has 0 fully saturated rings. The lowest BCUT2D eigenvalue weighted by Crippen LogP contribution is -2.52. The largest absolute Gasteiger partial charge is 0.348 e. The smallest absolute Gasteiger partial charge is 0.243 e. The van der Waals surface area contributed by atoms with Crippen LogP contribution in [-0.4, -0.2) is 40.2 Å². The van der Waals surface area contributed by atoms with E-state index in [9.17, 15) is 14.4 Å². The van der Waals surface area contributed by atoms with Gasteiger partial charge < -0.3 is 20.4 Å². The van der Waals surface area contributed by atoms with Crippen molar-refractivity contribution in [2.45, 2.75) is 51.6 Å². The van der Waals surface area contributed by atoms with E-state index in [1.807, 2.05) is 86.7 Å². The van der Waals surface area contributed by atoms with Gasteiger partial charge in [-0.15, -0.1) is 0 Å². The van der Waals surface area contributed by atoms with Crippen LogP contribution in [0.2, 0.25) is 0 Å². The number of hydrogen-bond acceptors (Lipinski definition) is 4. The van der Waals surface area contributed by atoms with E-state index in [1.165, 1.54) is 6.33 Å². The van der Waals surface area contributed by atoms with Gasteiger partial charge in [-0.2, -0.15) is 0 Å². The summed E-state index contributed by atoms with van der Waals surface area (Å²) < 4.78 is 0. The Labute approximate surface area is 253 Å². The molecule has 3 N–H and O–H groups in total. The van der Waals surface area contributed by atoms with Crippen molar-refractivity contribution in [1.82, 2.24) is 20.6 Å². The first kappa shape index (κ1) is 31.2. The summed E-state index contributed by atoms with van der Waals surface area (Å²) in [6.45, 7) is 3.99. The van der Waals surface area contributed by atoms with Crippen LogP contribution in [0.15, 0.2) is 104 Å². The van der Waals surface area contributed by atoms with E-state index in [2.05, 4.69) is 44.9 Å². The minimum absolute atomic E-state index is 0.224. The Bertz CT molecular complexity index is 1520. The summed E-state index contributed by atoms with van der Waals surface area (Å²) >= 11 is 0. The summed E-state index contributed by atoms with van der Waals surface area (Å²) in [5.74, 6) is -0.826. The maximum absolute atomic E-state index is 13.9. The molecule has 0 saturated heterocycles. The van der Waals surface area contributed by atoms with Crippen LogP contribution < -0.4 is 10.6 Å². The van der Waals surface area contributed by atoms with E-state index in [1.54, 1.807) is 6.20 Å². The number of carbonyl (C=O) groups excluding carboxylic acids is 3. The van der Waals surface area contributed by atoms with Crippen LogP contribution in [0, 0.1) is 11.8 Å². The number of nitrogens with zero attached hydrogens (tertiary/aromatic N) is 1. The predicted octanol–water partition coefficient (Wildman–Crippen LogP) is 5.84. The number of imidazole rings is 1. The first-order chi connectivity index (χ1) is 20.9. The van der Waals surface area contributed by atoms with E-state index in [4.69, 9.17) is 0 Å². The number of amides is 2. The molecule has 4 aromatic rings. The van der Waals surface area contributed by atoms with Crippen LogP contribution in [0.3, 0.4) is 0 Å². The Morgan fingerprint density at radius 2 is 1.65 bits per heavy atom. The fourth-order valence-corrected chi connectivity index (χ4v) is 5.13. The third-order valence-corrected chi connectivity index (χ3v) is 7.30. The summed E-state index contributed by atoms with van der Waals surface area (Å²) in [5.41, 5.74) is 2.87. The highest BCUT2D eigenvalue weighted by molar-refractivity contribution is 5.91. The minimum atomic E-state index is -0.875. The molecule has 3 aromatic carbocycles. The summed E-state index contributed by atoms with van der Waals surface area (Å²) in [6, 6.07) is 22.8. The monoisotopic (exact) mass is 576 g/mol. The van der Waals surface area contributed by atoms with E-state index in [-0.39, 0.29) is 18.2 Å². The van der Waals surface area contributed by atoms with Crippen molar-refractivity contribution in [3.05, 3.63) is 120 Å². The lowest BCUT2D eigenvalue weighted by molar-refractivity contribution is -0.132. The van der Waals surface area contributed by atoms with Crippen molar-refractivity contribution < 1.29 is 14.4 Å². The normalized spacial score (nSPS) is 13.7. The summed E-state index contributed by atoms with van der Waals surface area (Å²) in [5, 5.41) is 8.05. The van der Waals surface area contributed by atoms with Crippen LogP contribution in [0.1, 0.15) is 43.5 Å². The second-order valence-corrected chi connectivity index (χ2v) is 11.2. The molecule has 43 heavy (non-hydrogen) atoms. The van der Waals surface area contributed by atoms with Gasteiger partial charge in [-0.1, -0.05) is 111 Å². The standard InChI is InChI=1S/C36H40N4O3/c1-26(2)20-32(24-41)39-36(43)34(22-31-23-37-25-38-31)40-35(42)30(16-8-4-7-14-27-12-5-3-6-13-27)21-29-18-11-17-28-15-9-10-19-33(28)29/h3-15,17-19,23-26,30,32,34H,16,20-22H2,1-2H3,(H,37,38)(H,39,43)(H,40,42)/t30?,32-,34-/m0/s1. The second-order valence-electron chi connectivity index (χ2n) is 11.2. The molecule has 7 nitrogen and oxygen atoms in total. The van der Waals surface area contributed by atoms with Crippen LogP contribution in [0.5, 0.6) is 0 Å². The number of H-pyrrole nitrogens is 1. The first-order valence-corrected chi connectivity index (χ1v) is 14.8. The average Bonchev–Trinajstić information content (AvgIpc) is 3.53. The lowest BCUT2D eigenvalue weighted by atomic mass is 9.91. The molecule has 0 aliphatic heterocycles. The van der Waals surface area contributed by atoms with Crippen LogP contribution in [-0.2, 0) is 27.2 Å². The number of nitrogens with one attached hydrogen (secondary N) is 3. The van der Waals surface area contributed by atoms with E-state index < -0.39 is 23.9 Å². The summed E-state index contributed by atoms with van der Waals surface area (Å²) in [7, 11) is 0. The zero-order valence-corrected chi connectivity index (χ0v) is 24.8. The maximum atomic E-state index is 13.9. The van der Waals surface area contributed by atoms with Crippen LogP contribution in [0.4, 0.5) is 0 Å². The molecular formula is C36H40N4O3. The van der Waals surface area contributed by atoms with Gasteiger partial charge in [0.25, 0.3) is 0 Å². The fraction of sp³-hybridized carbons (Fsp3) is 0.278. The Kier molecular flexibility index (Phi) is 11.6. The number of carbonyl (C=O) groups is 3. The van der Waals surface area contributed by atoms with Crippen molar-refractivity contribution in [2.75, 3.05) is 0 Å². The molecular weight excluding hydrogens is 536 g/mol. The maximum Gasteiger partial charge on any atom is 0.243 e. The summed E-state index contributed by atoms with van der Waals surface area (Å²) in [4.78, 5) is 46.1. The van der Waals surface area contributed by atoms with Crippen molar-refractivity contribution in [1.29, 1.82) is 0 Å². The first-order valence-electron chi connectivity index (χ1n) is 14.8. The SMILES string of the molecule is CC(C)C[C@@H](C=O)NC(=O)[C@H](Cc1cnc[nH]1)NC(=O)C(CC=CC=Cc1ccccc1)Cc1cccc2ccccc12. The van der Waals surface area contributed by atoms with Gasteiger partial charge in [-0.3, -0.25) is 9.59 Å². The Hall–Kier alpha value is -4.78. The number of allylic oxidation sites excluding steroid dienone is 3. The molecule has 0 spiro atoms. The second kappa shape index (κ2) is 16.0. The number of aromatic nitrogens is 2. The van der Waals surface area contributed by atoms with Gasteiger partial charge in [0, 0.05) is 24.2 Å². The zero-order chi connectivity index (χ0) is 30.4. The highest BCUT2D eigenvalue weighted by Crippen LogP contribution is 2.23. The molecule has 1 heterocycles. The average molecular weight is 577 g/mol. The molecule has 0 radical (unpaired) electrons. The Morgan fingerprint density at radius 1 is 0.884 bits per heavy atom. The minimum Gasteiger partial charge on any atom is -0.348 e. The number of aromatic amines is 1. The van der Waals surface area contributed by atoms with Gasteiger partial charge in [0.05, 0.1) is 12.4 Å². The topological polar surface area (TPSA) is 104 Å². The molecule has 3 atom stereocenters. The Balaban J connectivity index is 1.55. The van der Waals surface area contributed by atoms with Crippen LogP contribution in [0.25, 0.3) is 16.8 Å². The van der Waals surface area contributed by atoms with Crippen molar-refractivity contribution in [2.24, 2.45) is 11.8 Å². The van der Waals surface area contributed by atoms with Gasteiger partial charge in [-0.25, -0.2) is 4.98 Å². The van der Waals surface area contributed by atoms with Crippen LogP contribution >= 0.6 is 0 Å². The molecule has 222 valence electrons. The van der Waals surface area contributed by atoms with Crippen molar-refractivity contribution in [3.63, 3.8) is 0 Å². The summed E-state index contributed by atoms with van der Waals surface area (Å²) in [6.07, 6.45) is 13.6. The third-order valence-electron chi connectivity index (χ3n) is 7.30. The molecule has 0 aliphatic rings. The van der Waals surface area contributed by atoms with Gasteiger partial charge in [-0.05, 0) is 47.1 Å². The van der Waals surface area contributed by atoms with E-state index in [0.29, 0.717) is 25.0 Å². The molecule has 4 rings (SSSR count). The quantitative estimate of drug-likeness (QED) is 0.122. The lowest BCUT2D eigenvalue weighted by Gasteiger charge is -2.24. The molecule has 1 unspecified atom stereocenters. The Morgan fingerprint density at radius 3 is 2.40 bits per heavy atom. The zero-order valence-electron chi connectivity index (χ0n) is 24.8. The van der Waals surface area contributed by atoms with Gasteiger partial charge >= 0.3 is 0 Å². The molecule has 0 bridgehead atoms. The molecule has 7 heteroatoms. The highest BCUT2D eigenvalue weighted by atomic mass is 16.2. The van der Waals surface area contributed by atoms with Gasteiger partial charge in [0.15, 0.2) is 0 Å². The number of aldehydes is 1. The van der Waals surface area contributed by atoms with E-state index in [0.717, 1.165) is 28.2 Å². The van der Waals surface area contributed by atoms with E-state index >= 15 is 0 Å². The van der Waals surface area contributed by atoms with Gasteiger partial charge in [0.2, 0.25) is 11.8 Å². The van der Waals surface area contributed by atoms with Gasteiger partial charge in [0.1, 0.15) is 12.3 Å². The number of rotatable bonds is 15. The number of benzene rings is 3. The number of fused-ring (bicyclic) bond motifs is 1. The predicted molar refractivity (Wildman–Crippen MR) is 172 cm³/mol. The van der Waals surface area contributed by atoms with Crippen molar-refractivity contribution >= 4 is 34.9 Å². The fourth-order valence-electron chi connectivity index (χ4n) is 5.13. The molecule has 2 amide bonds.